The van der Waals surface area contributed by atoms with Gasteiger partial charge in [0.25, 0.3) is 0 Å². The molecule has 0 bridgehead atoms. The van der Waals surface area contributed by atoms with E-state index in [2.05, 4.69) is 0 Å². The fourth-order valence-corrected chi connectivity index (χ4v) is 2.41. The van der Waals surface area contributed by atoms with Gasteiger partial charge in [-0.25, -0.2) is 0 Å². The summed E-state index contributed by atoms with van der Waals surface area (Å²) >= 11 is 0. The van der Waals surface area contributed by atoms with Crippen LogP contribution >= 0.6 is 34.0 Å². The first-order chi connectivity index (χ1) is 5.63. The second-order valence-corrected chi connectivity index (χ2v) is 4.78. The van der Waals surface area contributed by atoms with Gasteiger partial charge in [0.1, 0.15) is 0 Å². The number of carbonyl (C=O) groups excluding carboxylic acids is 2. The van der Waals surface area contributed by atoms with Crippen molar-refractivity contribution in [2.45, 2.75) is 12.8 Å². The summed E-state index contributed by atoms with van der Waals surface area (Å²) in [6.45, 7) is 0. The van der Waals surface area contributed by atoms with E-state index < -0.39 is 0 Å². The number of rotatable bonds is 7. The predicted octanol–water partition coefficient (Wildman–Crippen LogP) is 0.540. The van der Waals surface area contributed by atoms with Crippen LogP contribution in [0.3, 0.4) is 0 Å². The van der Waals surface area contributed by atoms with Crippen molar-refractivity contribution in [2.24, 2.45) is 11.5 Å². The van der Waals surface area contributed by atoms with Crippen LogP contribution < -0.4 is 11.5 Å². The lowest BCUT2D eigenvalue weighted by atomic mass is 10.5. The van der Waals surface area contributed by atoms with Crippen molar-refractivity contribution in [3.05, 3.63) is 0 Å². The summed E-state index contributed by atoms with van der Waals surface area (Å²) in [7, 11) is 3.06. The molecule has 0 radical (unpaired) electrons. The Hall–Kier alpha value is -0.0700. The van der Waals surface area contributed by atoms with Crippen LogP contribution in [-0.4, -0.2) is 23.3 Å². The third kappa shape index (κ3) is 14.8. The molecule has 0 fully saturated rings. The number of amides is 2. The molecule has 0 rings (SSSR count). The maximum atomic E-state index is 10.3. The van der Waals surface area contributed by atoms with Gasteiger partial charge in [-0.1, -0.05) is 21.6 Å². The summed E-state index contributed by atoms with van der Waals surface area (Å²) in [4.78, 5) is 20.5. The van der Waals surface area contributed by atoms with Crippen molar-refractivity contribution in [3.63, 3.8) is 0 Å². The number of hydrogen-bond donors (Lipinski definition) is 2. The molecule has 0 aromatic rings. The highest BCUT2D eigenvalue weighted by atomic mass is 35.5. The average molecular weight is 245 g/mol. The molecular weight excluding hydrogens is 232 g/mol. The molecule has 4 nitrogen and oxygen atoms in total. The summed E-state index contributed by atoms with van der Waals surface area (Å²) < 4.78 is 0. The van der Waals surface area contributed by atoms with E-state index in [9.17, 15) is 9.59 Å². The molecule has 0 aliphatic rings. The van der Waals surface area contributed by atoms with E-state index in [4.69, 9.17) is 11.5 Å². The Morgan fingerprint density at radius 1 is 0.923 bits per heavy atom. The third-order valence-electron chi connectivity index (χ3n) is 0.947. The molecule has 0 saturated heterocycles. The molecule has 0 aliphatic heterocycles. The Bertz CT molecular complexity index is 151. The van der Waals surface area contributed by atoms with E-state index in [1.807, 2.05) is 0 Å². The van der Waals surface area contributed by atoms with Crippen molar-refractivity contribution in [1.29, 1.82) is 0 Å². The smallest absolute Gasteiger partial charge is 0.218 e. The second-order valence-electron chi connectivity index (χ2n) is 2.08. The minimum atomic E-state index is -0.294. The topological polar surface area (TPSA) is 86.2 Å². The summed E-state index contributed by atoms with van der Waals surface area (Å²) in [6, 6.07) is 0. The van der Waals surface area contributed by atoms with Gasteiger partial charge in [0.15, 0.2) is 0 Å². The summed E-state index contributed by atoms with van der Waals surface area (Å²) in [5.74, 6) is 0.799. The van der Waals surface area contributed by atoms with Gasteiger partial charge in [-0.15, -0.1) is 12.4 Å². The fraction of sp³-hybridized carbons (Fsp3) is 0.667. The molecule has 0 saturated carbocycles. The fourth-order valence-electron chi connectivity index (χ4n) is 0.402. The quantitative estimate of drug-likeness (QED) is 0.506. The number of primary amides is 2. The molecule has 4 N–H and O–H groups in total. The Labute approximate surface area is 91.4 Å². The first-order valence-electron chi connectivity index (χ1n) is 3.44. The number of carbonyl (C=O) groups is 2. The summed E-state index contributed by atoms with van der Waals surface area (Å²) in [5, 5.41) is 0. The highest BCUT2D eigenvalue weighted by molar-refractivity contribution is 8.76. The van der Waals surface area contributed by atoms with Crippen molar-refractivity contribution >= 4 is 45.8 Å². The zero-order valence-electron chi connectivity index (χ0n) is 7.02. The zero-order chi connectivity index (χ0) is 9.40. The van der Waals surface area contributed by atoms with Gasteiger partial charge >= 0.3 is 0 Å². The minimum absolute atomic E-state index is 0. The van der Waals surface area contributed by atoms with Gasteiger partial charge in [0.2, 0.25) is 11.8 Å². The Morgan fingerprint density at radius 2 is 1.23 bits per heavy atom. The van der Waals surface area contributed by atoms with Crippen LogP contribution in [0.4, 0.5) is 0 Å². The van der Waals surface area contributed by atoms with Crippen LogP contribution in [0.2, 0.25) is 0 Å². The van der Waals surface area contributed by atoms with Crippen molar-refractivity contribution in [1.82, 2.24) is 0 Å². The van der Waals surface area contributed by atoms with Crippen molar-refractivity contribution < 1.29 is 9.59 Å². The van der Waals surface area contributed by atoms with Gasteiger partial charge in [0.05, 0.1) is 0 Å². The van der Waals surface area contributed by atoms with Crippen molar-refractivity contribution in [3.8, 4) is 0 Å². The standard InChI is InChI=1S/C6H12N2O2S2.ClH/c7-5(9)1-3-11-12-4-2-6(8)10;/h1-4H2,(H2,7,9)(H2,8,10);1H. The molecule has 0 spiro atoms. The lowest BCUT2D eigenvalue weighted by molar-refractivity contribution is -0.118. The predicted molar refractivity (Wildman–Crippen MR) is 59.8 cm³/mol. The molecule has 0 unspecified atom stereocenters. The molecular formula is C6H13ClN2O2S2. The number of halogens is 1. The first kappa shape index (κ1) is 15.4. The molecule has 0 aromatic heterocycles. The maximum absolute atomic E-state index is 10.3. The lowest BCUT2D eigenvalue weighted by Crippen LogP contribution is -2.11. The maximum Gasteiger partial charge on any atom is 0.218 e. The first-order valence-corrected chi connectivity index (χ1v) is 5.92. The normalized spacial score (nSPS) is 8.92. The molecule has 2 amide bonds. The molecule has 0 atom stereocenters. The van der Waals surface area contributed by atoms with Crippen molar-refractivity contribution in [2.75, 3.05) is 11.5 Å². The Balaban J connectivity index is 0. The van der Waals surface area contributed by atoms with Crippen LogP contribution in [0.25, 0.3) is 0 Å². The lowest BCUT2D eigenvalue weighted by Gasteiger charge is -1.96. The van der Waals surface area contributed by atoms with Crippen LogP contribution in [0, 0.1) is 0 Å². The Kier molecular flexibility index (Phi) is 11.9. The van der Waals surface area contributed by atoms with Gasteiger partial charge < -0.3 is 11.5 Å². The van der Waals surface area contributed by atoms with Gasteiger partial charge in [-0.2, -0.15) is 0 Å². The van der Waals surface area contributed by atoms with E-state index in [0.29, 0.717) is 24.3 Å². The highest BCUT2D eigenvalue weighted by Gasteiger charge is 1.97. The zero-order valence-corrected chi connectivity index (χ0v) is 9.47. The van der Waals surface area contributed by atoms with Crippen LogP contribution in [0.1, 0.15) is 12.8 Å². The van der Waals surface area contributed by atoms with E-state index in [0.717, 1.165) is 0 Å². The monoisotopic (exact) mass is 244 g/mol. The molecule has 7 heteroatoms. The van der Waals surface area contributed by atoms with E-state index in [1.165, 1.54) is 21.6 Å². The minimum Gasteiger partial charge on any atom is -0.370 e. The Morgan fingerprint density at radius 3 is 1.46 bits per heavy atom. The van der Waals surface area contributed by atoms with E-state index in [1.54, 1.807) is 0 Å². The van der Waals surface area contributed by atoms with Crippen LogP contribution in [-0.2, 0) is 9.59 Å². The summed E-state index contributed by atoms with van der Waals surface area (Å²) in [6.07, 6.45) is 0.766. The van der Waals surface area contributed by atoms with E-state index >= 15 is 0 Å². The number of hydrogen-bond acceptors (Lipinski definition) is 4. The highest BCUT2D eigenvalue weighted by Crippen LogP contribution is 2.22. The molecule has 78 valence electrons. The average Bonchev–Trinajstić information content (AvgIpc) is 1.95. The van der Waals surface area contributed by atoms with Crippen LogP contribution in [0.15, 0.2) is 0 Å². The van der Waals surface area contributed by atoms with E-state index in [-0.39, 0.29) is 24.2 Å². The van der Waals surface area contributed by atoms with Crippen LogP contribution in [0.5, 0.6) is 0 Å². The molecule has 0 aromatic carbocycles. The van der Waals surface area contributed by atoms with Gasteiger partial charge in [-0.3, -0.25) is 9.59 Å². The van der Waals surface area contributed by atoms with Gasteiger partial charge in [-0.05, 0) is 0 Å². The molecule has 0 heterocycles. The summed E-state index contributed by atoms with van der Waals surface area (Å²) in [5.41, 5.74) is 9.84. The molecule has 0 aliphatic carbocycles. The second kappa shape index (κ2) is 10.0. The third-order valence-corrected chi connectivity index (χ3v) is 3.36. The largest absolute Gasteiger partial charge is 0.370 e. The molecule has 13 heavy (non-hydrogen) atoms. The SMILES string of the molecule is Cl.NC(=O)CCSSCCC(N)=O. The number of nitrogens with two attached hydrogens (primary N) is 2. The van der Waals surface area contributed by atoms with Gasteiger partial charge in [0, 0.05) is 24.3 Å².